The summed E-state index contributed by atoms with van der Waals surface area (Å²) in [7, 11) is 0. The van der Waals surface area contributed by atoms with E-state index >= 15 is 0 Å². The molecule has 2 aliphatic heterocycles. The Balaban J connectivity index is 1.51. The van der Waals surface area contributed by atoms with Gasteiger partial charge in [-0.1, -0.05) is 0 Å². The van der Waals surface area contributed by atoms with Gasteiger partial charge in [-0.3, -0.25) is 5.10 Å². The van der Waals surface area contributed by atoms with Crippen molar-refractivity contribution in [1.29, 1.82) is 0 Å². The van der Waals surface area contributed by atoms with Crippen molar-refractivity contribution in [2.45, 2.75) is 0 Å². The van der Waals surface area contributed by atoms with Gasteiger partial charge in [-0.05, 0) is 42.5 Å². The predicted molar refractivity (Wildman–Crippen MR) is 81.7 cm³/mol. The molecule has 114 valence electrons. The number of hydrogen-bond donors (Lipinski definition) is 1. The first-order valence-electron chi connectivity index (χ1n) is 7.22. The van der Waals surface area contributed by atoms with Crippen LogP contribution < -0.4 is 18.9 Å². The number of aromatic amines is 1. The van der Waals surface area contributed by atoms with Crippen LogP contribution in [0.1, 0.15) is 0 Å². The molecule has 0 amide bonds. The number of H-pyrrole nitrogens is 1. The van der Waals surface area contributed by atoms with Gasteiger partial charge in [0, 0.05) is 11.1 Å². The van der Waals surface area contributed by atoms with Crippen molar-refractivity contribution in [3.05, 3.63) is 42.5 Å². The molecule has 0 unspecified atom stereocenters. The number of hydrogen-bond acceptors (Lipinski definition) is 5. The summed E-state index contributed by atoms with van der Waals surface area (Å²) in [6.07, 6.45) is 0. The molecule has 0 atom stereocenters. The smallest absolute Gasteiger partial charge is 0.231 e. The number of aromatic nitrogens is 2. The Kier molecular flexibility index (Phi) is 2.52. The highest BCUT2D eigenvalue weighted by atomic mass is 16.7. The molecule has 0 bridgehead atoms. The first kappa shape index (κ1) is 12.4. The molecule has 2 aromatic carbocycles. The summed E-state index contributed by atoms with van der Waals surface area (Å²) in [4.78, 5) is 0. The highest BCUT2D eigenvalue weighted by Gasteiger charge is 2.17. The summed E-state index contributed by atoms with van der Waals surface area (Å²) < 4.78 is 21.5. The van der Waals surface area contributed by atoms with E-state index in [1.54, 1.807) is 0 Å². The summed E-state index contributed by atoms with van der Waals surface area (Å²) >= 11 is 0. The van der Waals surface area contributed by atoms with Gasteiger partial charge in [0.2, 0.25) is 13.6 Å². The maximum Gasteiger partial charge on any atom is 0.231 e. The Morgan fingerprint density at radius 1 is 0.696 bits per heavy atom. The monoisotopic (exact) mass is 308 g/mol. The molecule has 0 spiro atoms. The molecule has 0 aliphatic carbocycles. The first-order valence-corrected chi connectivity index (χ1v) is 7.22. The minimum atomic E-state index is 0.266. The molecular weight excluding hydrogens is 296 g/mol. The van der Waals surface area contributed by atoms with Gasteiger partial charge in [0.25, 0.3) is 0 Å². The van der Waals surface area contributed by atoms with E-state index in [4.69, 9.17) is 18.9 Å². The third-order valence-electron chi connectivity index (χ3n) is 3.93. The summed E-state index contributed by atoms with van der Waals surface area (Å²) in [6, 6.07) is 13.6. The minimum absolute atomic E-state index is 0.266. The Labute approximate surface area is 131 Å². The maximum absolute atomic E-state index is 5.42. The largest absolute Gasteiger partial charge is 0.454 e. The fourth-order valence-electron chi connectivity index (χ4n) is 2.74. The first-order chi connectivity index (χ1) is 11.4. The van der Waals surface area contributed by atoms with Gasteiger partial charge in [0.05, 0.1) is 11.4 Å². The van der Waals surface area contributed by atoms with Gasteiger partial charge < -0.3 is 18.9 Å². The van der Waals surface area contributed by atoms with Gasteiger partial charge in [0.15, 0.2) is 23.0 Å². The lowest BCUT2D eigenvalue weighted by atomic mass is 10.1. The molecule has 0 fully saturated rings. The second-order valence-corrected chi connectivity index (χ2v) is 5.30. The number of ether oxygens (including phenoxy) is 4. The second kappa shape index (κ2) is 4.67. The van der Waals surface area contributed by atoms with E-state index in [2.05, 4.69) is 10.2 Å². The number of nitrogens with zero attached hydrogens (tertiary/aromatic N) is 1. The SMILES string of the molecule is c1cc2c(cc1-c1cc(-c3ccc4c(c3)OCO4)[nH]n1)OCO2. The number of rotatable bonds is 2. The highest BCUT2D eigenvalue weighted by molar-refractivity contribution is 5.71. The van der Waals surface area contributed by atoms with Crippen LogP contribution in [0.25, 0.3) is 22.5 Å². The zero-order valence-corrected chi connectivity index (χ0v) is 12.0. The summed E-state index contributed by atoms with van der Waals surface area (Å²) in [6.45, 7) is 0.534. The molecule has 0 saturated carbocycles. The van der Waals surface area contributed by atoms with Gasteiger partial charge in [-0.25, -0.2) is 0 Å². The minimum Gasteiger partial charge on any atom is -0.454 e. The van der Waals surface area contributed by atoms with E-state index in [0.29, 0.717) is 0 Å². The molecule has 23 heavy (non-hydrogen) atoms. The van der Waals surface area contributed by atoms with Crippen molar-refractivity contribution >= 4 is 0 Å². The van der Waals surface area contributed by atoms with Crippen LogP contribution in [0.15, 0.2) is 42.5 Å². The van der Waals surface area contributed by atoms with E-state index in [0.717, 1.165) is 45.5 Å². The van der Waals surface area contributed by atoms with Gasteiger partial charge in [-0.15, -0.1) is 0 Å². The molecule has 2 aliphatic rings. The second-order valence-electron chi connectivity index (χ2n) is 5.30. The van der Waals surface area contributed by atoms with Crippen LogP contribution in [0.5, 0.6) is 23.0 Å². The van der Waals surface area contributed by atoms with Crippen LogP contribution in [-0.4, -0.2) is 23.8 Å². The number of benzene rings is 2. The molecule has 3 heterocycles. The third-order valence-corrected chi connectivity index (χ3v) is 3.93. The van der Waals surface area contributed by atoms with Gasteiger partial charge in [0.1, 0.15) is 0 Å². The fraction of sp³-hybridized carbons (Fsp3) is 0.118. The highest BCUT2D eigenvalue weighted by Crippen LogP contribution is 2.38. The average Bonchev–Trinajstić information content (AvgIpc) is 3.32. The molecular formula is C17H12N2O4. The van der Waals surface area contributed by atoms with Crippen molar-refractivity contribution in [2.75, 3.05) is 13.6 Å². The molecule has 1 N–H and O–H groups in total. The van der Waals surface area contributed by atoms with Crippen molar-refractivity contribution < 1.29 is 18.9 Å². The number of fused-ring (bicyclic) bond motifs is 2. The van der Waals surface area contributed by atoms with Crippen molar-refractivity contribution in [1.82, 2.24) is 10.2 Å². The lowest BCUT2D eigenvalue weighted by Gasteiger charge is -2.00. The molecule has 6 heteroatoms. The molecule has 1 aromatic heterocycles. The Hall–Kier alpha value is -3.15. The molecule has 6 nitrogen and oxygen atoms in total. The van der Waals surface area contributed by atoms with Gasteiger partial charge in [-0.2, -0.15) is 5.10 Å². The lowest BCUT2D eigenvalue weighted by molar-refractivity contribution is 0.173. The maximum atomic E-state index is 5.42. The molecule has 0 radical (unpaired) electrons. The fourth-order valence-corrected chi connectivity index (χ4v) is 2.74. The molecule has 5 rings (SSSR count). The van der Waals surface area contributed by atoms with E-state index < -0.39 is 0 Å². The zero-order valence-electron chi connectivity index (χ0n) is 12.0. The van der Waals surface area contributed by atoms with E-state index in [1.807, 2.05) is 42.5 Å². The van der Waals surface area contributed by atoms with Crippen LogP contribution in [0.2, 0.25) is 0 Å². The normalized spacial score (nSPS) is 14.3. The van der Waals surface area contributed by atoms with Crippen molar-refractivity contribution in [3.63, 3.8) is 0 Å². The van der Waals surface area contributed by atoms with E-state index in [1.165, 1.54) is 0 Å². The van der Waals surface area contributed by atoms with Crippen LogP contribution in [0, 0.1) is 0 Å². The standard InChI is InChI=1S/C17H12N2O4/c1-3-14-16(22-8-20-14)5-10(1)12-7-13(19-18-12)11-2-4-15-17(6-11)23-9-21-15/h1-7H,8-9H2,(H,18,19). The zero-order chi connectivity index (χ0) is 15.2. The van der Waals surface area contributed by atoms with E-state index in [9.17, 15) is 0 Å². The predicted octanol–water partition coefficient (Wildman–Crippen LogP) is 3.20. The lowest BCUT2D eigenvalue weighted by Crippen LogP contribution is -1.92. The summed E-state index contributed by atoms with van der Waals surface area (Å²) in [5.74, 6) is 3.03. The third kappa shape index (κ3) is 1.99. The van der Waals surface area contributed by atoms with Crippen LogP contribution in [0.4, 0.5) is 0 Å². The molecule has 3 aromatic rings. The topological polar surface area (TPSA) is 65.6 Å². The molecule has 0 saturated heterocycles. The summed E-state index contributed by atoms with van der Waals surface area (Å²) in [5.41, 5.74) is 3.72. The van der Waals surface area contributed by atoms with Crippen LogP contribution in [0.3, 0.4) is 0 Å². The number of nitrogens with one attached hydrogen (secondary N) is 1. The van der Waals surface area contributed by atoms with Crippen LogP contribution >= 0.6 is 0 Å². The quantitative estimate of drug-likeness (QED) is 0.787. The Bertz CT molecular complexity index is 831. The Morgan fingerprint density at radius 2 is 1.30 bits per heavy atom. The van der Waals surface area contributed by atoms with Crippen LogP contribution in [-0.2, 0) is 0 Å². The van der Waals surface area contributed by atoms with Gasteiger partial charge >= 0.3 is 0 Å². The average molecular weight is 308 g/mol. The van der Waals surface area contributed by atoms with Crippen molar-refractivity contribution in [2.24, 2.45) is 0 Å². The Morgan fingerprint density at radius 3 is 2.04 bits per heavy atom. The van der Waals surface area contributed by atoms with E-state index in [-0.39, 0.29) is 13.6 Å². The summed E-state index contributed by atoms with van der Waals surface area (Å²) in [5, 5.41) is 7.45. The van der Waals surface area contributed by atoms with Crippen molar-refractivity contribution in [3.8, 4) is 45.5 Å².